The number of aromatic nitrogens is 2. The van der Waals surface area contributed by atoms with Gasteiger partial charge in [0.2, 0.25) is 17.7 Å². The Hall–Kier alpha value is -5.72. The van der Waals surface area contributed by atoms with Gasteiger partial charge in [0.05, 0.1) is 21.1 Å². The van der Waals surface area contributed by atoms with Crippen molar-refractivity contribution in [2.75, 3.05) is 53.4 Å². The molecular weight excluding hydrogens is 923 g/mol. The van der Waals surface area contributed by atoms with E-state index in [1.807, 2.05) is 18.2 Å². The summed E-state index contributed by atoms with van der Waals surface area (Å²) >= 11 is 2.95. The average Bonchev–Trinajstić information content (AvgIpc) is 4.19. The number of piperidine rings is 2. The van der Waals surface area contributed by atoms with Crippen LogP contribution in [0, 0.1) is 11.6 Å². The summed E-state index contributed by atoms with van der Waals surface area (Å²) < 4.78 is 37.6. The van der Waals surface area contributed by atoms with Crippen molar-refractivity contribution in [3.05, 3.63) is 128 Å². The van der Waals surface area contributed by atoms with Crippen molar-refractivity contribution in [1.29, 1.82) is 0 Å². The number of thiophene rings is 2. The van der Waals surface area contributed by atoms with E-state index in [0.29, 0.717) is 37.7 Å². The number of nitrogens with zero attached hydrogens (tertiary/aromatic N) is 4. The number of nitrogens with two attached hydrogens (primary N) is 1. The summed E-state index contributed by atoms with van der Waals surface area (Å²) in [5, 5.41) is 11.6. The number of carboxylic acid groups (broad SMARTS) is 1. The van der Waals surface area contributed by atoms with E-state index in [4.69, 9.17) is 24.7 Å². The first-order valence-corrected chi connectivity index (χ1v) is 24.9. The summed E-state index contributed by atoms with van der Waals surface area (Å²) in [7, 11) is 4.21. The molecule has 368 valence electrons. The number of nitrogens with one attached hydrogen (secondary N) is 1. The average molecular weight is 985 g/mol. The molecule has 6 aromatic rings. The second kappa shape index (κ2) is 24.7. The molecule has 6 heterocycles. The van der Waals surface area contributed by atoms with E-state index in [-0.39, 0.29) is 46.4 Å². The van der Waals surface area contributed by atoms with Crippen LogP contribution < -0.4 is 11.1 Å². The van der Waals surface area contributed by atoms with Crippen LogP contribution in [0.15, 0.2) is 94.2 Å². The van der Waals surface area contributed by atoms with Crippen LogP contribution in [0.5, 0.6) is 0 Å². The van der Waals surface area contributed by atoms with Gasteiger partial charge >= 0.3 is 5.97 Å². The molecule has 0 bridgehead atoms. The molecule has 2 fully saturated rings. The predicted molar refractivity (Wildman–Crippen MR) is 265 cm³/mol. The van der Waals surface area contributed by atoms with Crippen molar-refractivity contribution in [2.24, 2.45) is 5.73 Å². The highest BCUT2D eigenvalue weighted by Crippen LogP contribution is 2.37. The number of aliphatic carboxylic acids is 1. The lowest BCUT2D eigenvalue weighted by Crippen LogP contribution is -2.48. The smallest absolute Gasteiger partial charge is 0.303 e. The first-order valence-electron chi connectivity index (χ1n) is 23.3. The maximum Gasteiger partial charge on any atom is 0.303 e. The van der Waals surface area contributed by atoms with Crippen LogP contribution in [0.4, 0.5) is 8.78 Å². The number of aryl methyl sites for hydroxylation is 2. The van der Waals surface area contributed by atoms with Gasteiger partial charge in [-0.3, -0.25) is 19.2 Å². The van der Waals surface area contributed by atoms with Crippen molar-refractivity contribution >= 4 is 46.1 Å². The number of carbonyl (C=O) groups is 4. The number of oxazole rings is 2. The Kier molecular flexibility index (Phi) is 18.9. The highest BCUT2D eigenvalue weighted by Gasteiger charge is 2.39. The van der Waals surface area contributed by atoms with Crippen LogP contribution in [0.2, 0.25) is 0 Å². The molecule has 2 aromatic carbocycles. The SMILES string of the molecule is CC(=O)c1ccc(CCCC(=O)NCC2(c3coc(-c4ccc(F)cc4)n3)CCN(C)CC2)s1.CC(=O)c1ccc(CCCC(=O)O)s1.CN1CCC(CN)(c2coc(-c3ccc(F)cc3)n2)CC1. The molecule has 4 aromatic heterocycles. The summed E-state index contributed by atoms with van der Waals surface area (Å²) in [5.41, 5.74) is 8.88. The number of carboxylic acids is 1. The number of carbonyl (C=O) groups excluding carboxylic acids is 3. The number of amides is 1. The fraction of sp³-hybridized carbons (Fsp3) is 0.423. The molecule has 13 nitrogen and oxygen atoms in total. The monoisotopic (exact) mass is 984 g/mol. The first-order chi connectivity index (χ1) is 33.1. The van der Waals surface area contributed by atoms with Gasteiger partial charge in [-0.15, -0.1) is 22.7 Å². The first kappa shape index (κ1) is 52.6. The maximum absolute atomic E-state index is 13.3. The van der Waals surface area contributed by atoms with Gasteiger partial charge in [-0.05, 0) is 178 Å². The minimum absolute atomic E-state index is 0.0175. The van der Waals surface area contributed by atoms with E-state index in [1.165, 1.54) is 53.9 Å². The minimum Gasteiger partial charge on any atom is -0.481 e. The lowest BCUT2D eigenvalue weighted by molar-refractivity contribution is -0.137. The fourth-order valence-electron chi connectivity index (χ4n) is 8.26. The zero-order chi connectivity index (χ0) is 49.6. The number of hydrogen-bond acceptors (Lipinski definition) is 13. The zero-order valence-electron chi connectivity index (χ0n) is 39.7. The summed E-state index contributed by atoms with van der Waals surface area (Å²) in [6, 6.07) is 19.8. The Morgan fingerprint density at radius 2 is 1.09 bits per heavy atom. The number of Topliss-reactive ketones (excluding diaryl/α,β-unsaturated/α-hetero) is 2. The Morgan fingerprint density at radius 3 is 1.49 bits per heavy atom. The van der Waals surface area contributed by atoms with Crippen molar-refractivity contribution in [3.63, 3.8) is 0 Å². The van der Waals surface area contributed by atoms with Crippen molar-refractivity contribution in [2.45, 2.75) is 88.9 Å². The molecular formula is C52H62F2N6O7S2. The maximum atomic E-state index is 13.3. The summed E-state index contributed by atoms with van der Waals surface area (Å²) in [4.78, 5) is 62.9. The molecule has 0 atom stereocenters. The Morgan fingerprint density at radius 1 is 0.667 bits per heavy atom. The van der Waals surface area contributed by atoms with E-state index in [2.05, 4.69) is 34.2 Å². The van der Waals surface area contributed by atoms with Crippen LogP contribution >= 0.6 is 22.7 Å². The number of ketones is 2. The third-order valence-electron chi connectivity index (χ3n) is 12.8. The largest absolute Gasteiger partial charge is 0.481 e. The summed E-state index contributed by atoms with van der Waals surface area (Å²) in [5.74, 6) is -0.190. The molecule has 0 unspecified atom stereocenters. The van der Waals surface area contributed by atoms with Crippen LogP contribution in [0.3, 0.4) is 0 Å². The molecule has 0 spiro atoms. The van der Waals surface area contributed by atoms with E-state index < -0.39 is 5.97 Å². The molecule has 2 aliphatic rings. The van der Waals surface area contributed by atoms with Crippen LogP contribution in [-0.4, -0.2) is 102 Å². The minimum atomic E-state index is -0.770. The highest BCUT2D eigenvalue weighted by atomic mass is 32.1. The van der Waals surface area contributed by atoms with Gasteiger partial charge in [-0.2, -0.15) is 0 Å². The topological polar surface area (TPSA) is 185 Å². The molecule has 0 radical (unpaired) electrons. The molecule has 1 amide bonds. The number of benzene rings is 2. The van der Waals surface area contributed by atoms with Gasteiger partial charge in [0.25, 0.3) is 0 Å². The molecule has 0 saturated carbocycles. The lowest BCUT2D eigenvalue weighted by Gasteiger charge is -2.39. The van der Waals surface area contributed by atoms with Crippen molar-refractivity contribution in [3.8, 4) is 22.9 Å². The molecule has 17 heteroatoms. The fourth-order valence-corrected chi connectivity index (χ4v) is 10.2. The number of likely N-dealkylation sites (tertiary alicyclic amines) is 2. The summed E-state index contributed by atoms with van der Waals surface area (Å²) in [6.07, 6.45) is 10.6. The van der Waals surface area contributed by atoms with Gasteiger partial charge in [0.1, 0.15) is 24.2 Å². The number of hydrogen-bond donors (Lipinski definition) is 3. The van der Waals surface area contributed by atoms with Crippen LogP contribution in [0.1, 0.15) is 106 Å². The predicted octanol–water partition coefficient (Wildman–Crippen LogP) is 9.61. The van der Waals surface area contributed by atoms with E-state index in [0.717, 1.165) is 113 Å². The number of rotatable bonds is 17. The second-order valence-electron chi connectivity index (χ2n) is 18.0. The van der Waals surface area contributed by atoms with Gasteiger partial charge in [0.15, 0.2) is 11.6 Å². The van der Waals surface area contributed by atoms with Gasteiger partial charge < -0.3 is 34.8 Å². The van der Waals surface area contributed by atoms with E-state index in [9.17, 15) is 28.0 Å². The molecule has 4 N–H and O–H groups in total. The second-order valence-corrected chi connectivity index (χ2v) is 20.3. The Labute approximate surface area is 410 Å². The Bertz CT molecular complexity index is 2610. The zero-order valence-corrected chi connectivity index (χ0v) is 41.4. The molecule has 69 heavy (non-hydrogen) atoms. The normalized spacial score (nSPS) is 15.6. The van der Waals surface area contributed by atoms with E-state index >= 15 is 0 Å². The Balaban J connectivity index is 0.000000189. The lowest BCUT2D eigenvalue weighted by atomic mass is 9.76. The van der Waals surface area contributed by atoms with Crippen molar-refractivity contribution in [1.82, 2.24) is 25.1 Å². The number of halogens is 2. The highest BCUT2D eigenvalue weighted by molar-refractivity contribution is 7.14. The molecule has 0 aliphatic carbocycles. The van der Waals surface area contributed by atoms with Gasteiger partial charge in [-0.25, -0.2) is 18.7 Å². The van der Waals surface area contributed by atoms with Gasteiger partial charge in [0, 0.05) is 57.6 Å². The van der Waals surface area contributed by atoms with E-state index in [1.54, 1.807) is 49.8 Å². The third kappa shape index (κ3) is 14.9. The summed E-state index contributed by atoms with van der Waals surface area (Å²) in [6.45, 7) is 8.01. The third-order valence-corrected chi connectivity index (χ3v) is 15.3. The van der Waals surface area contributed by atoms with Gasteiger partial charge in [-0.1, -0.05) is 0 Å². The quantitative estimate of drug-likeness (QED) is 0.0737. The molecule has 2 saturated heterocycles. The molecule has 8 rings (SSSR count). The molecule has 2 aliphatic heterocycles. The standard InChI is InChI=1S/C26H30FN3O3S.C16H20FN3O.C10H12O3S/c1-18(31)22-11-10-21(34-22)4-3-5-24(32)28-17-26(12-14-30(2)15-13-26)23-16-33-25(29-23)19-6-8-20(27)9-7-19;1-20-8-6-16(11-18,7-9-20)14-10-21-15(19-14)12-2-4-13(17)5-3-12;1-7(11)9-6-5-8(14-9)3-2-4-10(12)13/h6-11,16H,3-5,12-15,17H2,1-2H3,(H,28,32);2-5,10H,6-9,11,18H2,1H3;5-6H,2-4H2,1H3,(H,12,13). The van der Waals surface area contributed by atoms with Crippen LogP contribution in [-0.2, 0) is 33.3 Å². The van der Waals surface area contributed by atoms with Crippen molar-refractivity contribution < 1.29 is 41.9 Å². The van der Waals surface area contributed by atoms with Crippen LogP contribution in [0.25, 0.3) is 22.9 Å².